The SMILES string of the molecule is O=c1oc2ncnc3c2n1CCN3. The normalized spacial score (nSPS) is 14.5. The first-order chi connectivity index (χ1) is 6.36. The number of hydrogen-bond donors (Lipinski definition) is 1. The minimum atomic E-state index is -0.363. The molecule has 0 atom stereocenters. The van der Waals surface area contributed by atoms with Crippen molar-refractivity contribution in [1.29, 1.82) is 0 Å². The zero-order chi connectivity index (χ0) is 8.84. The first-order valence-electron chi connectivity index (χ1n) is 3.94. The molecule has 13 heavy (non-hydrogen) atoms. The highest BCUT2D eigenvalue weighted by molar-refractivity contribution is 5.82. The molecule has 0 unspecified atom stereocenters. The molecular formula is C7H6N4O2. The van der Waals surface area contributed by atoms with Gasteiger partial charge in [-0.1, -0.05) is 0 Å². The lowest BCUT2D eigenvalue weighted by atomic mass is 10.4. The third-order valence-corrected chi connectivity index (χ3v) is 2.09. The third-order valence-electron chi connectivity index (χ3n) is 2.09. The van der Waals surface area contributed by atoms with Crippen molar-refractivity contribution in [2.75, 3.05) is 11.9 Å². The zero-order valence-electron chi connectivity index (χ0n) is 6.65. The Morgan fingerprint density at radius 2 is 2.46 bits per heavy atom. The van der Waals surface area contributed by atoms with Gasteiger partial charge in [0.05, 0.1) is 0 Å². The van der Waals surface area contributed by atoms with Crippen LogP contribution in [-0.4, -0.2) is 21.1 Å². The average molecular weight is 178 g/mol. The quantitative estimate of drug-likeness (QED) is 0.605. The molecule has 3 heterocycles. The summed E-state index contributed by atoms with van der Waals surface area (Å²) in [5, 5.41) is 3.07. The van der Waals surface area contributed by atoms with Gasteiger partial charge in [-0.15, -0.1) is 0 Å². The van der Waals surface area contributed by atoms with Crippen LogP contribution >= 0.6 is 0 Å². The van der Waals surface area contributed by atoms with Gasteiger partial charge in [-0.25, -0.2) is 9.78 Å². The maximum atomic E-state index is 11.3. The molecule has 0 aliphatic carbocycles. The van der Waals surface area contributed by atoms with E-state index in [1.165, 1.54) is 6.33 Å². The van der Waals surface area contributed by atoms with Crippen LogP contribution in [0.2, 0.25) is 0 Å². The van der Waals surface area contributed by atoms with Crippen LogP contribution in [0.5, 0.6) is 0 Å². The molecule has 0 fully saturated rings. The minimum absolute atomic E-state index is 0.349. The van der Waals surface area contributed by atoms with Crippen molar-refractivity contribution in [3.63, 3.8) is 0 Å². The monoisotopic (exact) mass is 178 g/mol. The average Bonchev–Trinajstić information content (AvgIpc) is 2.47. The molecule has 3 rings (SSSR count). The Balaban J connectivity index is 2.58. The Morgan fingerprint density at radius 3 is 3.38 bits per heavy atom. The molecule has 0 radical (unpaired) electrons. The highest BCUT2D eigenvalue weighted by Crippen LogP contribution is 2.20. The van der Waals surface area contributed by atoms with Crippen LogP contribution in [0.15, 0.2) is 15.5 Å². The van der Waals surface area contributed by atoms with Gasteiger partial charge in [0.15, 0.2) is 11.3 Å². The van der Waals surface area contributed by atoms with E-state index in [0.29, 0.717) is 30.1 Å². The number of nitrogens with one attached hydrogen (secondary N) is 1. The molecular weight excluding hydrogens is 172 g/mol. The molecule has 0 amide bonds. The van der Waals surface area contributed by atoms with Crippen molar-refractivity contribution in [3.8, 4) is 0 Å². The number of aromatic nitrogens is 3. The second-order valence-corrected chi connectivity index (χ2v) is 2.82. The van der Waals surface area contributed by atoms with Crippen LogP contribution in [-0.2, 0) is 6.54 Å². The molecule has 0 saturated heterocycles. The van der Waals surface area contributed by atoms with E-state index in [9.17, 15) is 4.79 Å². The van der Waals surface area contributed by atoms with Crippen molar-refractivity contribution in [2.24, 2.45) is 0 Å². The van der Waals surface area contributed by atoms with E-state index in [0.717, 1.165) is 0 Å². The molecule has 6 nitrogen and oxygen atoms in total. The van der Waals surface area contributed by atoms with Gasteiger partial charge in [0, 0.05) is 13.1 Å². The zero-order valence-corrected chi connectivity index (χ0v) is 6.65. The van der Waals surface area contributed by atoms with Gasteiger partial charge in [-0.05, 0) is 0 Å². The second-order valence-electron chi connectivity index (χ2n) is 2.82. The van der Waals surface area contributed by atoms with Crippen molar-refractivity contribution in [2.45, 2.75) is 6.54 Å². The molecule has 0 spiro atoms. The summed E-state index contributed by atoms with van der Waals surface area (Å²) >= 11 is 0. The predicted molar refractivity (Wildman–Crippen MR) is 44.6 cm³/mol. The molecule has 0 aromatic carbocycles. The van der Waals surface area contributed by atoms with E-state index in [-0.39, 0.29) is 5.76 Å². The summed E-state index contributed by atoms with van der Waals surface area (Å²) < 4.78 is 6.47. The van der Waals surface area contributed by atoms with E-state index in [1.807, 2.05) is 0 Å². The number of anilines is 1. The first kappa shape index (κ1) is 6.64. The van der Waals surface area contributed by atoms with Crippen LogP contribution in [0, 0.1) is 0 Å². The van der Waals surface area contributed by atoms with Crippen LogP contribution in [0.3, 0.4) is 0 Å². The highest BCUT2D eigenvalue weighted by atomic mass is 16.4. The molecule has 66 valence electrons. The van der Waals surface area contributed by atoms with Crippen molar-refractivity contribution >= 4 is 17.0 Å². The van der Waals surface area contributed by atoms with E-state index >= 15 is 0 Å². The lowest BCUT2D eigenvalue weighted by Gasteiger charge is -2.12. The van der Waals surface area contributed by atoms with Crippen LogP contribution in [0.25, 0.3) is 11.2 Å². The van der Waals surface area contributed by atoms with Gasteiger partial charge in [0.2, 0.25) is 0 Å². The fraction of sp³-hybridized carbons (Fsp3) is 0.286. The number of rotatable bonds is 0. The standard InChI is InChI=1S/C7H6N4O2/c12-7-11-2-1-8-5-4(11)6(13-7)10-3-9-5/h3H,1-2H2,(H,8,9,10). The maximum absolute atomic E-state index is 11.3. The molecule has 0 bridgehead atoms. The van der Waals surface area contributed by atoms with E-state index in [1.54, 1.807) is 4.57 Å². The van der Waals surface area contributed by atoms with Crippen molar-refractivity contribution < 1.29 is 4.42 Å². The van der Waals surface area contributed by atoms with Crippen molar-refractivity contribution in [3.05, 3.63) is 16.9 Å². The lowest BCUT2D eigenvalue weighted by Crippen LogP contribution is -2.24. The Morgan fingerprint density at radius 1 is 1.54 bits per heavy atom. The van der Waals surface area contributed by atoms with Crippen LogP contribution < -0.4 is 11.1 Å². The van der Waals surface area contributed by atoms with E-state index in [4.69, 9.17) is 4.42 Å². The molecule has 0 saturated carbocycles. The molecule has 1 aliphatic heterocycles. The summed E-state index contributed by atoms with van der Waals surface area (Å²) in [6, 6.07) is 0. The van der Waals surface area contributed by atoms with Gasteiger partial charge in [0.25, 0.3) is 5.71 Å². The largest absolute Gasteiger partial charge is 0.421 e. The van der Waals surface area contributed by atoms with Crippen LogP contribution in [0.1, 0.15) is 0 Å². The van der Waals surface area contributed by atoms with Gasteiger partial charge in [0.1, 0.15) is 6.33 Å². The summed E-state index contributed by atoms with van der Waals surface area (Å²) in [4.78, 5) is 19.1. The Bertz CT molecular complexity index is 527. The summed E-state index contributed by atoms with van der Waals surface area (Å²) in [5.41, 5.74) is 1.01. The van der Waals surface area contributed by atoms with Gasteiger partial charge >= 0.3 is 5.76 Å². The summed E-state index contributed by atoms with van der Waals surface area (Å²) in [5.74, 6) is 0.306. The van der Waals surface area contributed by atoms with Crippen LogP contribution in [0.4, 0.5) is 5.82 Å². The lowest BCUT2D eigenvalue weighted by molar-refractivity contribution is 0.503. The van der Waals surface area contributed by atoms with Crippen molar-refractivity contribution in [1.82, 2.24) is 14.5 Å². The summed E-state index contributed by atoms with van der Waals surface area (Å²) in [6.07, 6.45) is 1.38. The Hall–Kier alpha value is -1.85. The first-order valence-corrected chi connectivity index (χ1v) is 3.94. The topological polar surface area (TPSA) is 73.0 Å². The number of nitrogens with zero attached hydrogens (tertiary/aromatic N) is 3. The van der Waals surface area contributed by atoms with Gasteiger partial charge in [-0.2, -0.15) is 4.98 Å². The third kappa shape index (κ3) is 0.742. The molecule has 1 N–H and O–H groups in total. The molecule has 6 heteroatoms. The molecule has 2 aromatic heterocycles. The number of oxazole rings is 1. The summed E-state index contributed by atoms with van der Waals surface area (Å²) in [6.45, 7) is 1.30. The maximum Gasteiger partial charge on any atom is 0.421 e. The minimum Gasteiger partial charge on any atom is -0.388 e. The highest BCUT2D eigenvalue weighted by Gasteiger charge is 2.18. The van der Waals surface area contributed by atoms with Gasteiger partial charge < -0.3 is 9.73 Å². The predicted octanol–water partition coefficient (Wildman–Crippen LogP) is -0.190. The fourth-order valence-electron chi connectivity index (χ4n) is 1.53. The number of hydrogen-bond acceptors (Lipinski definition) is 5. The molecule has 2 aromatic rings. The summed E-state index contributed by atoms with van der Waals surface area (Å²) in [7, 11) is 0. The van der Waals surface area contributed by atoms with E-state index < -0.39 is 0 Å². The smallest absolute Gasteiger partial charge is 0.388 e. The van der Waals surface area contributed by atoms with Gasteiger partial charge in [-0.3, -0.25) is 4.57 Å². The van der Waals surface area contributed by atoms with E-state index in [2.05, 4.69) is 15.3 Å². The fourth-order valence-corrected chi connectivity index (χ4v) is 1.53. The Kier molecular flexibility index (Phi) is 1.07. The Labute approximate surface area is 72.2 Å². The molecule has 1 aliphatic rings. The second kappa shape index (κ2) is 2.09.